The molecule has 0 bridgehead atoms. The van der Waals surface area contributed by atoms with E-state index in [-0.39, 0.29) is 11.2 Å². The Morgan fingerprint density at radius 2 is 2.00 bits per heavy atom. The molecule has 1 aliphatic rings. The molecule has 0 radical (unpaired) electrons. The number of hydrogen-bond acceptors (Lipinski definition) is 5. The Morgan fingerprint density at radius 1 is 1.43 bits per heavy atom. The average molecular weight is 269 g/mol. The number of nitrogens with zero attached hydrogens (tertiary/aromatic N) is 1. The van der Waals surface area contributed by atoms with Crippen molar-refractivity contribution < 1.29 is 4.79 Å². The van der Waals surface area contributed by atoms with Crippen LogP contribution in [-0.4, -0.2) is 26.4 Å². The Morgan fingerprint density at radius 3 is 2.43 bits per heavy atom. The van der Waals surface area contributed by atoms with Crippen molar-refractivity contribution in [2.45, 2.75) is 25.3 Å². The molecular weight excluding hydrogens is 254 g/mol. The normalized spacial score (nSPS) is 21.1. The van der Waals surface area contributed by atoms with E-state index in [9.17, 15) is 4.79 Å². The van der Waals surface area contributed by atoms with Gasteiger partial charge in [-0.15, -0.1) is 12.6 Å². The van der Waals surface area contributed by atoms with Gasteiger partial charge in [-0.2, -0.15) is 15.5 Å². The minimum absolute atomic E-state index is 0.0821. The number of thioether (sulfide) groups is 1. The average Bonchev–Trinajstić information content (AvgIpc) is 2.15. The van der Waals surface area contributed by atoms with Crippen LogP contribution in [0.15, 0.2) is 0 Å². The molecule has 0 saturated carbocycles. The van der Waals surface area contributed by atoms with Crippen LogP contribution in [0.25, 0.3) is 0 Å². The summed E-state index contributed by atoms with van der Waals surface area (Å²) in [5, 5.41) is -0.0821. The number of rotatable bonds is 4. The van der Waals surface area contributed by atoms with Crippen molar-refractivity contribution in [2.75, 3.05) is 11.5 Å². The quantitative estimate of drug-likeness (QED) is 0.682. The van der Waals surface area contributed by atoms with Gasteiger partial charge in [-0.05, 0) is 30.3 Å². The van der Waals surface area contributed by atoms with Gasteiger partial charge in [0.2, 0.25) is 0 Å². The van der Waals surface area contributed by atoms with Crippen LogP contribution in [0.4, 0.5) is 0 Å². The number of carbonyl (C=O) groups excluding carboxylic acids is 1. The van der Waals surface area contributed by atoms with E-state index >= 15 is 0 Å². The van der Waals surface area contributed by atoms with Gasteiger partial charge >= 0.3 is 0 Å². The van der Waals surface area contributed by atoms with Crippen LogP contribution < -0.4 is 0 Å². The van der Waals surface area contributed by atoms with E-state index < -0.39 is 0 Å². The molecule has 14 heavy (non-hydrogen) atoms. The van der Waals surface area contributed by atoms with Crippen molar-refractivity contribution in [3.05, 3.63) is 0 Å². The second kappa shape index (κ2) is 6.58. The van der Waals surface area contributed by atoms with Gasteiger partial charge in [0.1, 0.15) is 0 Å². The summed E-state index contributed by atoms with van der Waals surface area (Å²) in [6.07, 6.45) is 2.73. The number of hydrogen-bond donors (Lipinski definition) is 3. The molecule has 1 fully saturated rings. The molecule has 1 unspecified atom stereocenters. The fraction of sp³-hybridized carbons (Fsp3) is 0.875. The first kappa shape index (κ1) is 13.1. The van der Waals surface area contributed by atoms with E-state index in [1.807, 2.05) is 11.8 Å². The van der Waals surface area contributed by atoms with Crippen LogP contribution in [0, 0.1) is 5.92 Å². The van der Waals surface area contributed by atoms with E-state index in [4.69, 9.17) is 0 Å². The van der Waals surface area contributed by atoms with Crippen molar-refractivity contribution in [2.24, 2.45) is 5.92 Å². The summed E-state index contributed by atoms with van der Waals surface area (Å²) >= 11 is 14.2. The van der Waals surface area contributed by atoms with Gasteiger partial charge in [0.25, 0.3) is 0 Å². The molecular formula is C8H15NOS4. The molecule has 0 aliphatic carbocycles. The molecule has 1 aliphatic heterocycles. The predicted molar refractivity (Wildman–Crippen MR) is 72.3 cm³/mol. The largest absolute Gasteiger partial charge is 0.287 e. The summed E-state index contributed by atoms with van der Waals surface area (Å²) in [5.41, 5.74) is 0. The molecule has 1 heterocycles. The lowest BCUT2D eigenvalue weighted by molar-refractivity contribution is -0.111. The maximum Gasteiger partial charge on any atom is 0.187 e. The standard InChI is InChI=1S/C8H15NOS4/c10-8(11)5-7(9(12)13)6-1-3-14-4-2-6/h6-7,12-13H,1-5H2,(H,10,11). The smallest absolute Gasteiger partial charge is 0.187 e. The maximum absolute atomic E-state index is 11.0. The second-order valence-corrected chi connectivity index (χ2v) is 6.34. The maximum atomic E-state index is 11.0. The predicted octanol–water partition coefficient (Wildman–Crippen LogP) is 2.34. The molecule has 1 saturated heterocycles. The van der Waals surface area contributed by atoms with Gasteiger partial charge in [-0.25, -0.2) is 0 Å². The zero-order chi connectivity index (χ0) is 10.6. The Kier molecular flexibility index (Phi) is 6.15. The van der Waals surface area contributed by atoms with Crippen molar-refractivity contribution in [3.63, 3.8) is 0 Å². The molecule has 6 heteroatoms. The highest BCUT2D eigenvalue weighted by Gasteiger charge is 2.27. The summed E-state index contributed by atoms with van der Waals surface area (Å²) in [4.78, 5) is 11.0. The monoisotopic (exact) mass is 269 g/mol. The fourth-order valence-electron chi connectivity index (χ4n) is 1.72. The van der Waals surface area contributed by atoms with E-state index in [2.05, 4.69) is 38.3 Å². The number of thiol groups is 3. The molecule has 0 amide bonds. The Bertz CT molecular complexity index is 194. The highest BCUT2D eigenvalue weighted by Crippen LogP contribution is 2.31. The molecule has 1 atom stereocenters. The van der Waals surface area contributed by atoms with Crippen LogP contribution in [0.1, 0.15) is 19.3 Å². The summed E-state index contributed by atoms with van der Waals surface area (Å²) in [5.74, 6) is 2.89. The molecule has 0 aromatic carbocycles. The van der Waals surface area contributed by atoms with Gasteiger partial charge in [0.15, 0.2) is 5.12 Å². The minimum Gasteiger partial charge on any atom is -0.287 e. The van der Waals surface area contributed by atoms with Crippen LogP contribution in [0.2, 0.25) is 0 Å². The lowest BCUT2D eigenvalue weighted by atomic mass is 9.92. The number of carbonyl (C=O) groups is 1. The summed E-state index contributed by atoms with van der Waals surface area (Å²) in [6.45, 7) is 0. The molecule has 0 N–H and O–H groups in total. The third kappa shape index (κ3) is 4.26. The summed E-state index contributed by atoms with van der Waals surface area (Å²) < 4.78 is 1.56. The SMILES string of the molecule is O=C(S)CC(C1CCSCC1)N(S)S. The van der Waals surface area contributed by atoms with Crippen LogP contribution in [0.5, 0.6) is 0 Å². The van der Waals surface area contributed by atoms with Crippen molar-refractivity contribution in [1.82, 2.24) is 3.71 Å². The van der Waals surface area contributed by atoms with Crippen LogP contribution in [0.3, 0.4) is 0 Å². The third-order valence-corrected chi connectivity index (χ3v) is 4.32. The molecule has 0 aromatic rings. The highest BCUT2D eigenvalue weighted by molar-refractivity contribution is 7.99. The molecule has 1 rings (SSSR count). The zero-order valence-corrected chi connectivity index (χ0v) is 11.3. The lowest BCUT2D eigenvalue weighted by Gasteiger charge is -2.32. The van der Waals surface area contributed by atoms with Crippen LogP contribution >= 0.6 is 50.0 Å². The molecule has 82 valence electrons. The second-order valence-electron chi connectivity index (χ2n) is 3.44. The fourth-order valence-corrected chi connectivity index (χ4v) is 3.59. The van der Waals surface area contributed by atoms with Gasteiger partial charge in [0.05, 0.1) is 0 Å². The minimum atomic E-state index is -0.0821. The van der Waals surface area contributed by atoms with E-state index in [1.54, 1.807) is 3.71 Å². The third-order valence-electron chi connectivity index (χ3n) is 2.49. The van der Waals surface area contributed by atoms with Crippen LogP contribution in [-0.2, 0) is 4.79 Å². The highest BCUT2D eigenvalue weighted by atomic mass is 32.2. The first-order valence-electron chi connectivity index (χ1n) is 4.57. The Balaban J connectivity index is 2.51. The van der Waals surface area contributed by atoms with Gasteiger partial charge in [0, 0.05) is 12.5 Å². The Labute approximate surface area is 106 Å². The van der Waals surface area contributed by atoms with E-state index in [0.717, 1.165) is 12.8 Å². The van der Waals surface area contributed by atoms with Gasteiger partial charge in [-0.1, -0.05) is 25.6 Å². The van der Waals surface area contributed by atoms with Crippen molar-refractivity contribution >= 4 is 55.1 Å². The molecule has 2 nitrogen and oxygen atoms in total. The zero-order valence-electron chi connectivity index (χ0n) is 7.80. The summed E-state index contributed by atoms with van der Waals surface area (Å²) in [6, 6.07) is 0.118. The van der Waals surface area contributed by atoms with Gasteiger partial charge < -0.3 is 0 Å². The Hall–Kier alpha value is 1.03. The van der Waals surface area contributed by atoms with E-state index in [0.29, 0.717) is 12.3 Å². The first-order chi connectivity index (χ1) is 6.61. The summed E-state index contributed by atoms with van der Waals surface area (Å²) in [7, 11) is 0. The van der Waals surface area contributed by atoms with E-state index in [1.165, 1.54) is 11.5 Å². The van der Waals surface area contributed by atoms with Crippen molar-refractivity contribution in [3.8, 4) is 0 Å². The molecule has 0 aromatic heterocycles. The molecule has 0 spiro atoms. The topological polar surface area (TPSA) is 20.3 Å². The van der Waals surface area contributed by atoms with Gasteiger partial charge in [-0.3, -0.25) is 4.79 Å². The first-order valence-corrected chi connectivity index (χ1v) is 6.98. The van der Waals surface area contributed by atoms with Crippen molar-refractivity contribution in [1.29, 1.82) is 0 Å². The lowest BCUT2D eigenvalue weighted by Crippen LogP contribution is -2.33.